The number of nitrogens with one attached hydrogen (secondary N) is 1. The van der Waals surface area contributed by atoms with Gasteiger partial charge in [0.1, 0.15) is 0 Å². The van der Waals surface area contributed by atoms with Crippen molar-refractivity contribution >= 4 is 11.6 Å². The number of nitrogens with two attached hydrogens (primary N) is 1. The van der Waals surface area contributed by atoms with E-state index in [2.05, 4.69) is 5.32 Å². The molecule has 0 bridgehead atoms. The van der Waals surface area contributed by atoms with Crippen LogP contribution in [0.25, 0.3) is 0 Å². The molecule has 2 fully saturated rings. The highest BCUT2D eigenvalue weighted by atomic mass is 19.4. The summed E-state index contributed by atoms with van der Waals surface area (Å²) in [6.45, 7) is 2.00. The Balaban J connectivity index is 1.72. The van der Waals surface area contributed by atoms with Gasteiger partial charge in [-0.25, -0.2) is 0 Å². The summed E-state index contributed by atoms with van der Waals surface area (Å²) in [4.78, 5) is 14.0. The van der Waals surface area contributed by atoms with Gasteiger partial charge in [0.15, 0.2) is 0 Å². The Hall–Kier alpha value is -1.80. The Kier molecular flexibility index (Phi) is 5.72. The number of carbonyl (C=O) groups excluding carboxylic acids is 1. The quantitative estimate of drug-likeness (QED) is 0.852. The number of benzene rings is 1. The van der Waals surface area contributed by atoms with E-state index in [-0.39, 0.29) is 30.0 Å². The SMILES string of the molecule is N[C@H]1CC[C@@H](C(=O)NCc2ccc(N3CCOCC3)cc2C(F)(F)F)C1. The van der Waals surface area contributed by atoms with Crippen molar-refractivity contribution in [3.8, 4) is 0 Å². The summed E-state index contributed by atoms with van der Waals surface area (Å²) in [5.74, 6) is -0.421. The van der Waals surface area contributed by atoms with E-state index in [0.29, 0.717) is 44.8 Å². The van der Waals surface area contributed by atoms with E-state index in [1.165, 1.54) is 6.07 Å². The first kappa shape index (κ1) is 19.0. The van der Waals surface area contributed by atoms with Gasteiger partial charge < -0.3 is 20.7 Å². The van der Waals surface area contributed by atoms with Gasteiger partial charge in [0.25, 0.3) is 0 Å². The molecule has 0 radical (unpaired) electrons. The second-order valence-corrected chi connectivity index (χ2v) is 6.93. The van der Waals surface area contributed by atoms with Crippen molar-refractivity contribution in [2.24, 2.45) is 11.7 Å². The van der Waals surface area contributed by atoms with Crippen molar-refractivity contribution in [2.75, 3.05) is 31.2 Å². The van der Waals surface area contributed by atoms with E-state index in [1.54, 1.807) is 6.07 Å². The number of morpholine rings is 1. The first-order chi connectivity index (χ1) is 12.3. The van der Waals surface area contributed by atoms with Crippen molar-refractivity contribution in [3.05, 3.63) is 29.3 Å². The molecule has 1 saturated heterocycles. The highest BCUT2D eigenvalue weighted by Gasteiger charge is 2.34. The van der Waals surface area contributed by atoms with Crippen LogP contribution in [0.5, 0.6) is 0 Å². The van der Waals surface area contributed by atoms with Crippen molar-refractivity contribution < 1.29 is 22.7 Å². The van der Waals surface area contributed by atoms with Gasteiger partial charge in [-0.15, -0.1) is 0 Å². The average molecular weight is 371 g/mol. The minimum Gasteiger partial charge on any atom is -0.378 e. The predicted molar refractivity (Wildman–Crippen MR) is 91.6 cm³/mol. The van der Waals surface area contributed by atoms with Crippen LogP contribution in [0, 0.1) is 5.92 Å². The van der Waals surface area contributed by atoms with Crippen molar-refractivity contribution in [2.45, 2.75) is 38.0 Å². The van der Waals surface area contributed by atoms with E-state index >= 15 is 0 Å². The summed E-state index contributed by atoms with van der Waals surface area (Å²) in [6, 6.07) is 4.30. The molecule has 1 aliphatic carbocycles. The van der Waals surface area contributed by atoms with Crippen LogP contribution in [0.15, 0.2) is 18.2 Å². The average Bonchev–Trinajstić information content (AvgIpc) is 3.06. The van der Waals surface area contributed by atoms with Crippen molar-refractivity contribution in [3.63, 3.8) is 0 Å². The van der Waals surface area contributed by atoms with Crippen LogP contribution in [0.3, 0.4) is 0 Å². The zero-order valence-corrected chi connectivity index (χ0v) is 14.5. The lowest BCUT2D eigenvalue weighted by Gasteiger charge is -2.29. The van der Waals surface area contributed by atoms with Crippen LogP contribution in [-0.2, 0) is 22.3 Å². The zero-order valence-electron chi connectivity index (χ0n) is 14.5. The molecule has 8 heteroatoms. The summed E-state index contributed by atoms with van der Waals surface area (Å²) in [5, 5.41) is 2.64. The number of amides is 1. The van der Waals surface area contributed by atoms with Gasteiger partial charge in [-0.2, -0.15) is 13.2 Å². The molecular formula is C18H24F3N3O2. The lowest BCUT2D eigenvalue weighted by molar-refractivity contribution is -0.138. The number of anilines is 1. The van der Waals surface area contributed by atoms with Crippen LogP contribution in [0.2, 0.25) is 0 Å². The Morgan fingerprint density at radius 2 is 2.00 bits per heavy atom. The Bertz CT molecular complexity index is 645. The number of hydrogen-bond acceptors (Lipinski definition) is 4. The zero-order chi connectivity index (χ0) is 18.7. The monoisotopic (exact) mass is 371 g/mol. The van der Waals surface area contributed by atoms with E-state index < -0.39 is 11.7 Å². The smallest absolute Gasteiger partial charge is 0.378 e. The lowest BCUT2D eigenvalue weighted by Crippen LogP contribution is -2.36. The van der Waals surface area contributed by atoms with Crippen LogP contribution in [-0.4, -0.2) is 38.3 Å². The molecule has 1 aliphatic heterocycles. The maximum absolute atomic E-state index is 13.5. The van der Waals surface area contributed by atoms with Gasteiger partial charge in [0.2, 0.25) is 5.91 Å². The molecule has 26 heavy (non-hydrogen) atoms. The molecule has 3 N–H and O–H groups in total. The van der Waals surface area contributed by atoms with E-state index in [9.17, 15) is 18.0 Å². The molecule has 0 spiro atoms. The molecule has 1 heterocycles. The predicted octanol–water partition coefficient (Wildman–Crippen LogP) is 2.29. The van der Waals surface area contributed by atoms with Gasteiger partial charge in [-0.05, 0) is 37.0 Å². The Morgan fingerprint density at radius 1 is 1.27 bits per heavy atom. The Labute approximate surface area is 150 Å². The van der Waals surface area contributed by atoms with Gasteiger partial charge >= 0.3 is 6.18 Å². The summed E-state index contributed by atoms with van der Waals surface area (Å²) < 4.78 is 45.7. The molecule has 2 aliphatic rings. The maximum atomic E-state index is 13.5. The van der Waals surface area contributed by atoms with Crippen LogP contribution in [0.1, 0.15) is 30.4 Å². The summed E-state index contributed by atoms with van der Waals surface area (Å²) in [5.41, 5.74) is 5.69. The molecule has 2 atom stereocenters. The maximum Gasteiger partial charge on any atom is 0.416 e. The number of halogens is 3. The van der Waals surface area contributed by atoms with Crippen LogP contribution < -0.4 is 16.0 Å². The minimum atomic E-state index is -4.47. The highest BCUT2D eigenvalue weighted by Crippen LogP contribution is 2.35. The summed E-state index contributed by atoms with van der Waals surface area (Å²) >= 11 is 0. The van der Waals surface area contributed by atoms with E-state index in [4.69, 9.17) is 10.5 Å². The number of ether oxygens (including phenoxy) is 1. The van der Waals surface area contributed by atoms with Crippen molar-refractivity contribution in [1.82, 2.24) is 5.32 Å². The highest BCUT2D eigenvalue weighted by molar-refractivity contribution is 5.79. The van der Waals surface area contributed by atoms with Gasteiger partial charge in [-0.3, -0.25) is 4.79 Å². The fourth-order valence-corrected chi connectivity index (χ4v) is 3.58. The molecule has 1 amide bonds. The third kappa shape index (κ3) is 4.48. The standard InChI is InChI=1S/C18H24F3N3O2/c19-18(20,21)16-10-15(24-5-7-26-8-6-24)4-2-13(16)11-23-17(25)12-1-3-14(22)9-12/h2,4,10,12,14H,1,3,5-9,11,22H2,(H,23,25)/t12-,14+/m1/s1. The molecule has 1 aromatic rings. The topological polar surface area (TPSA) is 67.6 Å². The van der Waals surface area contributed by atoms with Gasteiger partial charge in [-0.1, -0.05) is 6.07 Å². The van der Waals surface area contributed by atoms with E-state index in [0.717, 1.165) is 12.5 Å². The largest absolute Gasteiger partial charge is 0.416 e. The lowest BCUT2D eigenvalue weighted by atomic mass is 10.0. The molecular weight excluding hydrogens is 347 g/mol. The first-order valence-electron chi connectivity index (χ1n) is 8.90. The molecule has 1 aromatic carbocycles. The second-order valence-electron chi connectivity index (χ2n) is 6.93. The molecule has 144 valence electrons. The van der Waals surface area contributed by atoms with Gasteiger partial charge in [0, 0.05) is 37.3 Å². The number of nitrogens with zero attached hydrogens (tertiary/aromatic N) is 1. The third-order valence-electron chi connectivity index (χ3n) is 5.07. The molecule has 0 aromatic heterocycles. The number of hydrogen-bond donors (Lipinski definition) is 2. The molecule has 1 saturated carbocycles. The third-order valence-corrected chi connectivity index (χ3v) is 5.07. The second kappa shape index (κ2) is 7.84. The fourth-order valence-electron chi connectivity index (χ4n) is 3.58. The Morgan fingerprint density at radius 3 is 2.62 bits per heavy atom. The normalized spacial score (nSPS) is 23.9. The van der Waals surface area contributed by atoms with Crippen LogP contribution >= 0.6 is 0 Å². The van der Waals surface area contributed by atoms with E-state index in [1.807, 2.05) is 4.90 Å². The fraction of sp³-hybridized carbons (Fsp3) is 0.611. The number of rotatable bonds is 4. The van der Waals surface area contributed by atoms with Crippen molar-refractivity contribution in [1.29, 1.82) is 0 Å². The number of carbonyl (C=O) groups is 1. The van der Waals surface area contributed by atoms with Crippen LogP contribution in [0.4, 0.5) is 18.9 Å². The summed E-state index contributed by atoms with van der Waals surface area (Å²) in [6.07, 6.45) is -2.42. The minimum absolute atomic E-state index is 0.00397. The molecule has 0 unspecified atom stereocenters. The number of alkyl halides is 3. The summed E-state index contributed by atoms with van der Waals surface area (Å²) in [7, 11) is 0. The van der Waals surface area contributed by atoms with Gasteiger partial charge in [0.05, 0.1) is 18.8 Å². The molecule has 3 rings (SSSR count). The first-order valence-corrected chi connectivity index (χ1v) is 8.90. The molecule has 5 nitrogen and oxygen atoms in total.